The summed E-state index contributed by atoms with van der Waals surface area (Å²) in [6.45, 7) is 3.46. The van der Waals surface area contributed by atoms with Gasteiger partial charge in [-0.1, -0.05) is 132 Å². The Morgan fingerprint density at radius 3 is 1.61 bits per heavy atom. The molecule has 2 aliphatic rings. The molecule has 0 spiro atoms. The number of esters is 1. The molecular formula is C47H80O14. The quantitative estimate of drug-likeness (QED) is 0.0245. The predicted octanol–water partition coefficient (Wildman–Crippen LogP) is 5.40. The van der Waals surface area contributed by atoms with Crippen LogP contribution in [0.5, 0.6) is 0 Å². The van der Waals surface area contributed by atoms with Crippen LogP contribution in [-0.4, -0.2) is 142 Å². The lowest BCUT2D eigenvalue weighted by Gasteiger charge is -2.42. The van der Waals surface area contributed by atoms with Crippen LogP contribution in [0.3, 0.4) is 0 Å². The molecule has 0 amide bonds. The molecule has 2 heterocycles. The maximum Gasteiger partial charge on any atom is 0.306 e. The molecule has 0 radical (unpaired) electrons. The van der Waals surface area contributed by atoms with Crippen molar-refractivity contribution in [3.05, 3.63) is 60.8 Å². The number of carbonyl (C=O) groups excluding carboxylic acids is 1. The molecule has 7 N–H and O–H groups in total. The van der Waals surface area contributed by atoms with Crippen LogP contribution < -0.4 is 0 Å². The lowest BCUT2D eigenvalue weighted by molar-refractivity contribution is -0.332. The third-order valence-electron chi connectivity index (χ3n) is 10.5. The third kappa shape index (κ3) is 23.8. The Hall–Kier alpha value is -2.31. The molecule has 2 fully saturated rings. The zero-order chi connectivity index (χ0) is 44.5. The van der Waals surface area contributed by atoms with Crippen LogP contribution in [0.4, 0.5) is 0 Å². The number of carbonyl (C=O) groups is 1. The maximum absolute atomic E-state index is 12.9. The maximum atomic E-state index is 12.9. The monoisotopic (exact) mass is 869 g/mol. The zero-order valence-electron chi connectivity index (χ0n) is 36.9. The van der Waals surface area contributed by atoms with E-state index in [0.717, 1.165) is 51.4 Å². The summed E-state index contributed by atoms with van der Waals surface area (Å²) in [5, 5.41) is 71.9. The number of hydrogen-bond donors (Lipinski definition) is 7. The summed E-state index contributed by atoms with van der Waals surface area (Å²) < 4.78 is 34.0. The SMILES string of the molecule is CC/C=C\C/C=C\C/C=C\C/C=C\C/C=C\CCCC(=O)OC(COCCCCCCCCCCCC)COC1OC(COC2OC(CO)C(O)C(O)C2O)C(O)C(O)C1O. The van der Waals surface area contributed by atoms with Crippen molar-refractivity contribution in [1.82, 2.24) is 0 Å². The van der Waals surface area contributed by atoms with Crippen LogP contribution in [0.15, 0.2) is 60.8 Å². The standard InChI is InChI=1S/C47H80O14/c1-3-5-7-9-11-13-15-16-17-18-19-20-21-22-24-26-28-30-39(49)59-36(33-56-31-29-27-25-23-14-12-10-8-6-4-2)34-57-46-45(55)43(53)41(51)38(61-46)35-58-47-44(54)42(52)40(50)37(32-48)60-47/h5,7,11,13,16-17,19-20,22,24,36-38,40-48,50-55H,3-4,6,8-10,12,14-15,18,21,23,25-35H2,1-2H3/b7-5-,13-11-,17-16-,20-19-,24-22-. The fraction of sp³-hybridized carbons (Fsp3) is 0.766. The normalized spacial score (nSPS) is 28.0. The Morgan fingerprint density at radius 2 is 1.05 bits per heavy atom. The fourth-order valence-corrected chi connectivity index (χ4v) is 6.79. The second kappa shape index (κ2) is 35.1. The molecule has 0 aliphatic carbocycles. The first-order chi connectivity index (χ1) is 29.6. The van der Waals surface area contributed by atoms with E-state index in [0.29, 0.717) is 19.4 Å². The van der Waals surface area contributed by atoms with Crippen molar-refractivity contribution in [3.63, 3.8) is 0 Å². The first-order valence-electron chi connectivity index (χ1n) is 22.9. The molecule has 61 heavy (non-hydrogen) atoms. The van der Waals surface area contributed by atoms with Gasteiger partial charge in [0.05, 0.1) is 26.4 Å². The first kappa shape index (κ1) is 54.8. The number of hydrogen-bond acceptors (Lipinski definition) is 14. The summed E-state index contributed by atoms with van der Waals surface area (Å²) >= 11 is 0. The molecule has 2 rings (SSSR count). The molecule has 0 aromatic heterocycles. The van der Waals surface area contributed by atoms with E-state index in [4.69, 9.17) is 28.4 Å². The van der Waals surface area contributed by atoms with Crippen molar-refractivity contribution >= 4 is 5.97 Å². The molecule has 0 aromatic carbocycles. The zero-order valence-corrected chi connectivity index (χ0v) is 36.9. The summed E-state index contributed by atoms with van der Waals surface area (Å²) in [7, 11) is 0. The van der Waals surface area contributed by atoms with Crippen molar-refractivity contribution in [3.8, 4) is 0 Å². The van der Waals surface area contributed by atoms with Crippen molar-refractivity contribution in [1.29, 1.82) is 0 Å². The summed E-state index contributed by atoms with van der Waals surface area (Å²) in [6, 6.07) is 0. The molecule has 0 saturated carbocycles. The minimum absolute atomic E-state index is 0.0373. The van der Waals surface area contributed by atoms with Gasteiger partial charge in [0.25, 0.3) is 0 Å². The second-order valence-corrected chi connectivity index (χ2v) is 15.8. The lowest BCUT2D eigenvalue weighted by atomic mass is 9.98. The van der Waals surface area contributed by atoms with Gasteiger partial charge in [0.2, 0.25) is 0 Å². The van der Waals surface area contributed by atoms with Crippen molar-refractivity contribution < 1.29 is 69.0 Å². The Bertz CT molecular complexity index is 1240. The van der Waals surface area contributed by atoms with Gasteiger partial charge in [-0.3, -0.25) is 4.79 Å². The lowest BCUT2D eigenvalue weighted by Crippen LogP contribution is -2.61. The van der Waals surface area contributed by atoms with Gasteiger partial charge < -0.3 is 64.2 Å². The Kier molecular flexibility index (Phi) is 31.5. The van der Waals surface area contributed by atoms with Gasteiger partial charge in [-0.25, -0.2) is 0 Å². The largest absolute Gasteiger partial charge is 0.457 e. The van der Waals surface area contributed by atoms with Crippen LogP contribution in [0.2, 0.25) is 0 Å². The van der Waals surface area contributed by atoms with Gasteiger partial charge >= 0.3 is 5.97 Å². The minimum Gasteiger partial charge on any atom is -0.457 e. The average molecular weight is 869 g/mol. The van der Waals surface area contributed by atoms with Crippen molar-refractivity contribution in [2.75, 3.05) is 33.0 Å². The van der Waals surface area contributed by atoms with E-state index in [1.54, 1.807) is 0 Å². The van der Waals surface area contributed by atoms with Crippen LogP contribution in [-0.2, 0) is 33.2 Å². The van der Waals surface area contributed by atoms with Gasteiger partial charge in [0.1, 0.15) is 54.9 Å². The second-order valence-electron chi connectivity index (χ2n) is 15.8. The Morgan fingerprint density at radius 1 is 0.557 bits per heavy atom. The van der Waals surface area contributed by atoms with Gasteiger partial charge in [0, 0.05) is 13.0 Å². The van der Waals surface area contributed by atoms with E-state index in [1.807, 2.05) is 6.08 Å². The summed E-state index contributed by atoms with van der Waals surface area (Å²) in [6.07, 6.45) is 23.0. The summed E-state index contributed by atoms with van der Waals surface area (Å²) in [5.74, 6) is -0.435. The molecule has 14 heteroatoms. The molecule has 352 valence electrons. The summed E-state index contributed by atoms with van der Waals surface area (Å²) in [5.41, 5.74) is 0. The smallest absolute Gasteiger partial charge is 0.306 e. The van der Waals surface area contributed by atoms with E-state index >= 15 is 0 Å². The highest BCUT2D eigenvalue weighted by molar-refractivity contribution is 5.69. The van der Waals surface area contributed by atoms with Crippen LogP contribution in [0.25, 0.3) is 0 Å². The predicted molar refractivity (Wildman–Crippen MR) is 233 cm³/mol. The van der Waals surface area contributed by atoms with Gasteiger partial charge in [-0.05, 0) is 51.4 Å². The molecule has 0 bridgehead atoms. The number of aliphatic hydroxyl groups is 7. The van der Waals surface area contributed by atoms with E-state index in [2.05, 4.69) is 68.5 Å². The molecule has 11 unspecified atom stereocenters. The van der Waals surface area contributed by atoms with Gasteiger partial charge in [-0.15, -0.1) is 0 Å². The van der Waals surface area contributed by atoms with E-state index in [1.165, 1.54) is 44.9 Å². The highest BCUT2D eigenvalue weighted by Gasteiger charge is 2.47. The molecular weight excluding hydrogens is 789 g/mol. The fourth-order valence-electron chi connectivity index (χ4n) is 6.79. The molecule has 0 aromatic rings. The van der Waals surface area contributed by atoms with Crippen LogP contribution in [0, 0.1) is 0 Å². The number of aliphatic hydroxyl groups excluding tert-OH is 7. The molecule has 14 nitrogen and oxygen atoms in total. The number of rotatable bonds is 34. The van der Waals surface area contributed by atoms with Crippen LogP contribution in [0.1, 0.15) is 129 Å². The van der Waals surface area contributed by atoms with Crippen LogP contribution >= 0.6 is 0 Å². The highest BCUT2D eigenvalue weighted by Crippen LogP contribution is 2.26. The topological polar surface area (TPSA) is 214 Å². The van der Waals surface area contributed by atoms with E-state index in [-0.39, 0.29) is 19.6 Å². The average Bonchev–Trinajstić information content (AvgIpc) is 3.25. The molecule has 2 saturated heterocycles. The molecule has 11 atom stereocenters. The number of ether oxygens (including phenoxy) is 6. The third-order valence-corrected chi connectivity index (χ3v) is 10.5. The number of unbranched alkanes of at least 4 members (excludes halogenated alkanes) is 10. The highest BCUT2D eigenvalue weighted by atomic mass is 16.7. The van der Waals surface area contributed by atoms with Gasteiger partial charge in [-0.2, -0.15) is 0 Å². The van der Waals surface area contributed by atoms with E-state index in [9.17, 15) is 40.5 Å². The number of allylic oxidation sites excluding steroid dienone is 10. The van der Waals surface area contributed by atoms with Crippen molar-refractivity contribution in [2.24, 2.45) is 0 Å². The minimum atomic E-state index is -1.72. The Balaban J connectivity index is 1.84. The van der Waals surface area contributed by atoms with Gasteiger partial charge in [0.15, 0.2) is 12.6 Å². The van der Waals surface area contributed by atoms with Crippen molar-refractivity contribution in [2.45, 2.75) is 197 Å². The Labute approximate surface area is 364 Å². The first-order valence-corrected chi connectivity index (χ1v) is 22.9. The van der Waals surface area contributed by atoms with E-state index < -0.39 is 86.7 Å². The summed E-state index contributed by atoms with van der Waals surface area (Å²) in [4.78, 5) is 12.9. The molecule has 2 aliphatic heterocycles.